The first kappa shape index (κ1) is 10.5. The van der Waals surface area contributed by atoms with Crippen LogP contribution in [0.25, 0.3) is 17.0 Å². The van der Waals surface area contributed by atoms with Crippen molar-refractivity contribution in [1.29, 1.82) is 0 Å². The molecule has 1 aliphatic heterocycles. The molecule has 0 amide bonds. The van der Waals surface area contributed by atoms with E-state index >= 15 is 0 Å². The van der Waals surface area contributed by atoms with Gasteiger partial charge in [0, 0.05) is 31.7 Å². The molecule has 1 fully saturated rings. The summed E-state index contributed by atoms with van der Waals surface area (Å²) >= 11 is 0. The van der Waals surface area contributed by atoms with E-state index in [2.05, 4.69) is 29.5 Å². The fraction of sp³-hybridized carbons (Fsp3) is 0.308. The number of hydrogen-bond donors (Lipinski definition) is 1. The fourth-order valence-corrected chi connectivity index (χ4v) is 2.66. The topological polar surface area (TPSA) is 62.1 Å². The lowest BCUT2D eigenvalue weighted by atomic mass is 10.3. The van der Waals surface area contributed by atoms with Crippen molar-refractivity contribution in [3.63, 3.8) is 0 Å². The minimum atomic E-state index is 0.911. The van der Waals surface area contributed by atoms with Gasteiger partial charge < -0.3 is 4.90 Å². The van der Waals surface area contributed by atoms with Gasteiger partial charge in [0.15, 0.2) is 11.5 Å². The van der Waals surface area contributed by atoms with E-state index < -0.39 is 0 Å². The molecular weight excluding hydrogens is 240 g/mol. The van der Waals surface area contributed by atoms with E-state index in [4.69, 9.17) is 0 Å². The summed E-state index contributed by atoms with van der Waals surface area (Å²) in [6, 6.07) is 1.94. The van der Waals surface area contributed by atoms with Crippen LogP contribution < -0.4 is 4.90 Å². The number of fused-ring (bicyclic) bond motifs is 1. The van der Waals surface area contributed by atoms with E-state index in [-0.39, 0.29) is 0 Å². The zero-order chi connectivity index (χ0) is 12.7. The Kier molecular flexibility index (Phi) is 2.26. The van der Waals surface area contributed by atoms with Gasteiger partial charge in [-0.1, -0.05) is 0 Å². The third-order valence-corrected chi connectivity index (χ3v) is 3.59. The van der Waals surface area contributed by atoms with Crippen molar-refractivity contribution in [2.24, 2.45) is 0 Å². The molecule has 19 heavy (non-hydrogen) atoms. The number of imidazole rings is 1. The van der Waals surface area contributed by atoms with E-state index in [1.165, 1.54) is 12.8 Å². The highest BCUT2D eigenvalue weighted by Gasteiger charge is 2.18. The summed E-state index contributed by atoms with van der Waals surface area (Å²) in [4.78, 5) is 11.3. The fourth-order valence-electron chi connectivity index (χ4n) is 2.66. The Labute approximate surface area is 110 Å². The van der Waals surface area contributed by atoms with Crippen LogP contribution >= 0.6 is 0 Å². The zero-order valence-corrected chi connectivity index (χ0v) is 10.5. The summed E-state index contributed by atoms with van der Waals surface area (Å²) in [5.74, 6) is 0.978. The lowest BCUT2D eigenvalue weighted by molar-refractivity contribution is 0.927. The molecule has 0 spiro atoms. The van der Waals surface area contributed by atoms with E-state index in [1.54, 1.807) is 6.20 Å². The molecule has 0 radical (unpaired) electrons. The van der Waals surface area contributed by atoms with Crippen molar-refractivity contribution < 1.29 is 0 Å². The van der Waals surface area contributed by atoms with Gasteiger partial charge in [0.1, 0.15) is 0 Å². The first-order valence-electron chi connectivity index (χ1n) is 6.50. The standard InChI is InChI=1S/C13H14N6/c1-2-7-18(6-1)12-13-15-9-11(10-3-4-16-17-10)19(13)8-5-14-12/h3-5,8-9H,1-2,6-7H2,(H,16,17). The maximum atomic E-state index is 4.53. The van der Waals surface area contributed by atoms with Crippen LogP contribution in [0.2, 0.25) is 0 Å². The van der Waals surface area contributed by atoms with Crippen molar-refractivity contribution in [3.05, 3.63) is 30.9 Å². The Bertz CT molecular complexity index is 693. The summed E-state index contributed by atoms with van der Waals surface area (Å²) in [6.07, 6.45) is 9.86. The molecule has 3 aromatic heterocycles. The highest BCUT2D eigenvalue weighted by atomic mass is 15.2. The minimum Gasteiger partial charge on any atom is -0.354 e. The van der Waals surface area contributed by atoms with Gasteiger partial charge in [-0.05, 0) is 18.9 Å². The van der Waals surface area contributed by atoms with Gasteiger partial charge in [0.05, 0.1) is 17.6 Å². The minimum absolute atomic E-state index is 0.911. The predicted molar refractivity (Wildman–Crippen MR) is 72.0 cm³/mol. The van der Waals surface area contributed by atoms with Gasteiger partial charge >= 0.3 is 0 Å². The molecule has 0 unspecified atom stereocenters. The van der Waals surface area contributed by atoms with Crippen molar-refractivity contribution >= 4 is 11.5 Å². The molecule has 3 aromatic rings. The number of H-pyrrole nitrogens is 1. The first-order valence-corrected chi connectivity index (χ1v) is 6.50. The number of nitrogens with one attached hydrogen (secondary N) is 1. The number of aromatic nitrogens is 5. The van der Waals surface area contributed by atoms with Crippen LogP contribution in [0, 0.1) is 0 Å². The van der Waals surface area contributed by atoms with Crippen LogP contribution in [0.4, 0.5) is 5.82 Å². The number of aromatic amines is 1. The van der Waals surface area contributed by atoms with Crippen molar-refractivity contribution in [2.75, 3.05) is 18.0 Å². The Hall–Kier alpha value is -2.37. The molecule has 0 saturated carbocycles. The maximum absolute atomic E-state index is 4.53. The Morgan fingerprint density at radius 3 is 2.79 bits per heavy atom. The van der Waals surface area contributed by atoms with Crippen LogP contribution in [0.3, 0.4) is 0 Å². The molecule has 0 atom stereocenters. The summed E-state index contributed by atoms with van der Waals surface area (Å²) in [5, 5.41) is 6.97. The van der Waals surface area contributed by atoms with E-state index in [0.717, 1.165) is 35.9 Å². The number of hydrogen-bond acceptors (Lipinski definition) is 4. The normalized spacial score (nSPS) is 15.5. The Morgan fingerprint density at radius 1 is 1.11 bits per heavy atom. The number of rotatable bonds is 2. The molecular formula is C13H14N6. The lowest BCUT2D eigenvalue weighted by Crippen LogP contribution is -2.19. The third-order valence-electron chi connectivity index (χ3n) is 3.59. The average molecular weight is 254 g/mol. The largest absolute Gasteiger partial charge is 0.354 e. The SMILES string of the molecule is c1cc(-c2cnc3c(N4CCCC4)nccn23)[nH]n1. The van der Waals surface area contributed by atoms with Gasteiger partial charge in [0.2, 0.25) is 0 Å². The van der Waals surface area contributed by atoms with E-state index in [9.17, 15) is 0 Å². The summed E-state index contributed by atoms with van der Waals surface area (Å²) in [6.45, 7) is 2.14. The second-order valence-electron chi connectivity index (χ2n) is 4.75. The maximum Gasteiger partial charge on any atom is 0.180 e. The quantitative estimate of drug-likeness (QED) is 0.756. The number of anilines is 1. The van der Waals surface area contributed by atoms with Gasteiger partial charge in [-0.3, -0.25) is 9.50 Å². The van der Waals surface area contributed by atoms with Crippen LogP contribution in [-0.4, -0.2) is 37.7 Å². The first-order chi connectivity index (χ1) is 9.43. The van der Waals surface area contributed by atoms with E-state index in [1.807, 2.05) is 24.7 Å². The molecule has 0 bridgehead atoms. The molecule has 0 aromatic carbocycles. The molecule has 0 aliphatic carbocycles. The lowest BCUT2D eigenvalue weighted by Gasteiger charge is -2.16. The van der Waals surface area contributed by atoms with Crippen molar-refractivity contribution in [3.8, 4) is 11.4 Å². The predicted octanol–water partition coefficient (Wildman–Crippen LogP) is 1.72. The van der Waals surface area contributed by atoms with Crippen LogP contribution in [-0.2, 0) is 0 Å². The molecule has 6 nitrogen and oxygen atoms in total. The second kappa shape index (κ2) is 4.08. The van der Waals surface area contributed by atoms with Crippen LogP contribution in [0.15, 0.2) is 30.9 Å². The van der Waals surface area contributed by atoms with Gasteiger partial charge in [-0.2, -0.15) is 5.10 Å². The zero-order valence-electron chi connectivity index (χ0n) is 10.5. The Balaban J connectivity index is 1.89. The van der Waals surface area contributed by atoms with Crippen LogP contribution in [0.1, 0.15) is 12.8 Å². The average Bonchev–Trinajstić information content (AvgIpc) is 3.18. The summed E-state index contributed by atoms with van der Waals surface area (Å²) < 4.78 is 2.06. The van der Waals surface area contributed by atoms with Crippen molar-refractivity contribution in [2.45, 2.75) is 12.8 Å². The highest BCUT2D eigenvalue weighted by molar-refractivity contribution is 5.70. The Morgan fingerprint density at radius 2 is 2.00 bits per heavy atom. The summed E-state index contributed by atoms with van der Waals surface area (Å²) in [7, 11) is 0. The molecule has 6 heteroatoms. The molecule has 96 valence electrons. The van der Waals surface area contributed by atoms with Crippen LogP contribution in [0.5, 0.6) is 0 Å². The van der Waals surface area contributed by atoms with Gasteiger partial charge in [-0.25, -0.2) is 9.97 Å². The molecule has 4 heterocycles. The second-order valence-corrected chi connectivity index (χ2v) is 4.75. The number of nitrogens with zero attached hydrogens (tertiary/aromatic N) is 5. The van der Waals surface area contributed by atoms with Gasteiger partial charge in [-0.15, -0.1) is 0 Å². The summed E-state index contributed by atoms with van der Waals surface area (Å²) in [5.41, 5.74) is 2.88. The third kappa shape index (κ3) is 1.60. The monoisotopic (exact) mass is 254 g/mol. The van der Waals surface area contributed by atoms with Crippen molar-refractivity contribution in [1.82, 2.24) is 24.6 Å². The highest BCUT2D eigenvalue weighted by Crippen LogP contribution is 2.25. The van der Waals surface area contributed by atoms with Gasteiger partial charge in [0.25, 0.3) is 0 Å². The molecule has 4 rings (SSSR count). The molecule has 1 N–H and O–H groups in total. The van der Waals surface area contributed by atoms with E-state index in [0.29, 0.717) is 0 Å². The molecule has 1 aliphatic rings. The smallest absolute Gasteiger partial charge is 0.180 e. The molecule has 1 saturated heterocycles.